The minimum Gasteiger partial charge on any atom is -0.352 e. The van der Waals surface area contributed by atoms with E-state index < -0.39 is 39.3 Å². The molecule has 2 amide bonds. The first-order valence-electron chi connectivity index (χ1n) is 12.9. The largest absolute Gasteiger partial charge is 0.352 e. The topological polar surface area (TPSA) is 130 Å². The molecule has 41 heavy (non-hydrogen) atoms. The first kappa shape index (κ1) is 31.6. The molecule has 0 saturated carbocycles. The number of sulfonamides is 1. The van der Waals surface area contributed by atoms with Gasteiger partial charge in [-0.2, -0.15) is 0 Å². The maximum Gasteiger partial charge on any atom is 0.271 e. The second kappa shape index (κ2) is 13.6. The van der Waals surface area contributed by atoms with Crippen LogP contribution in [0.3, 0.4) is 0 Å². The summed E-state index contributed by atoms with van der Waals surface area (Å²) in [5.41, 5.74) is 1.55. The smallest absolute Gasteiger partial charge is 0.271 e. The van der Waals surface area contributed by atoms with E-state index in [0.717, 1.165) is 22.2 Å². The maximum atomic E-state index is 14.1. The quantitative estimate of drug-likeness (QED) is 0.241. The Labute approximate surface area is 245 Å². The molecule has 12 heteroatoms. The number of nitro benzene ring substituents is 1. The number of carbonyl (C=O) groups is 2. The summed E-state index contributed by atoms with van der Waals surface area (Å²) in [4.78, 5) is 39.8. The molecule has 0 spiro atoms. The number of benzene rings is 3. The molecular formula is C29H33ClN4O6S. The van der Waals surface area contributed by atoms with Crippen LogP contribution in [0.4, 0.5) is 11.4 Å². The Balaban J connectivity index is 2.11. The molecule has 0 saturated heterocycles. The number of carbonyl (C=O) groups excluding carboxylic acids is 2. The lowest BCUT2D eigenvalue weighted by Gasteiger charge is -2.34. The zero-order valence-corrected chi connectivity index (χ0v) is 24.9. The van der Waals surface area contributed by atoms with Crippen LogP contribution in [-0.2, 0) is 32.6 Å². The van der Waals surface area contributed by atoms with Gasteiger partial charge in [-0.3, -0.25) is 24.0 Å². The lowest BCUT2D eigenvalue weighted by Crippen LogP contribution is -2.54. The Bertz CT molecular complexity index is 1510. The van der Waals surface area contributed by atoms with E-state index in [1.807, 2.05) is 30.3 Å². The van der Waals surface area contributed by atoms with Gasteiger partial charge < -0.3 is 10.2 Å². The van der Waals surface area contributed by atoms with Gasteiger partial charge in [0.25, 0.3) is 5.69 Å². The van der Waals surface area contributed by atoms with Crippen molar-refractivity contribution in [3.8, 4) is 0 Å². The first-order chi connectivity index (χ1) is 19.3. The highest BCUT2D eigenvalue weighted by molar-refractivity contribution is 7.92. The van der Waals surface area contributed by atoms with E-state index in [9.17, 15) is 28.1 Å². The molecule has 0 fully saturated rings. The number of anilines is 1. The van der Waals surface area contributed by atoms with Gasteiger partial charge in [0.15, 0.2) is 0 Å². The maximum absolute atomic E-state index is 14.1. The zero-order chi connectivity index (χ0) is 30.3. The van der Waals surface area contributed by atoms with Crippen molar-refractivity contribution in [1.82, 2.24) is 10.2 Å². The minimum absolute atomic E-state index is 0.00370. The van der Waals surface area contributed by atoms with E-state index in [1.165, 1.54) is 17.0 Å². The van der Waals surface area contributed by atoms with E-state index in [4.69, 9.17) is 11.6 Å². The fourth-order valence-electron chi connectivity index (χ4n) is 4.34. The molecule has 0 aromatic heterocycles. The van der Waals surface area contributed by atoms with Gasteiger partial charge in [0.05, 0.1) is 16.9 Å². The van der Waals surface area contributed by atoms with E-state index in [1.54, 1.807) is 45.0 Å². The minimum atomic E-state index is -4.07. The molecule has 218 valence electrons. The van der Waals surface area contributed by atoms with Crippen molar-refractivity contribution in [3.05, 3.63) is 105 Å². The molecule has 0 aliphatic carbocycles. The van der Waals surface area contributed by atoms with Gasteiger partial charge in [-0.1, -0.05) is 60.1 Å². The van der Waals surface area contributed by atoms with Crippen molar-refractivity contribution in [1.29, 1.82) is 0 Å². The molecule has 10 nitrogen and oxygen atoms in total. The Kier molecular flexibility index (Phi) is 10.5. The number of nitrogens with one attached hydrogen (secondary N) is 1. The lowest BCUT2D eigenvalue weighted by atomic mass is 10.0. The van der Waals surface area contributed by atoms with Crippen LogP contribution in [0.25, 0.3) is 0 Å². The SMILES string of the molecule is Cc1ccc([N+](=O)[O-])cc1N(CC(=O)N(Cc1cccc(Cl)c1)[C@H](Cc1ccccc1)C(=O)NC(C)C)S(C)(=O)=O. The molecule has 3 aromatic carbocycles. The van der Waals surface area contributed by atoms with Crippen LogP contribution in [-0.4, -0.2) is 54.9 Å². The van der Waals surface area contributed by atoms with Crippen molar-refractivity contribution in [2.45, 2.75) is 45.8 Å². The number of aryl methyl sites for hydroxylation is 1. The average Bonchev–Trinajstić information content (AvgIpc) is 2.89. The third kappa shape index (κ3) is 8.76. The number of rotatable bonds is 12. The van der Waals surface area contributed by atoms with Crippen LogP contribution >= 0.6 is 11.6 Å². The third-order valence-corrected chi connectivity index (χ3v) is 7.66. The molecule has 0 radical (unpaired) electrons. The van der Waals surface area contributed by atoms with Crippen LogP contribution in [0.5, 0.6) is 0 Å². The number of amides is 2. The average molecular weight is 601 g/mol. The van der Waals surface area contributed by atoms with Crippen molar-refractivity contribution in [2.75, 3.05) is 17.1 Å². The fraction of sp³-hybridized carbons (Fsp3) is 0.310. The Morgan fingerprint density at radius 2 is 1.66 bits per heavy atom. The van der Waals surface area contributed by atoms with Crippen molar-refractivity contribution in [3.63, 3.8) is 0 Å². The van der Waals surface area contributed by atoms with Crippen molar-refractivity contribution >= 4 is 44.8 Å². The van der Waals surface area contributed by atoms with Crippen LogP contribution in [0.2, 0.25) is 5.02 Å². The zero-order valence-electron chi connectivity index (χ0n) is 23.3. The molecule has 0 aliphatic heterocycles. The van der Waals surface area contributed by atoms with E-state index in [2.05, 4.69) is 5.32 Å². The highest BCUT2D eigenvalue weighted by Gasteiger charge is 2.34. The second-order valence-electron chi connectivity index (χ2n) is 10.0. The van der Waals surface area contributed by atoms with Crippen LogP contribution < -0.4 is 9.62 Å². The predicted octanol–water partition coefficient (Wildman–Crippen LogP) is 4.49. The summed E-state index contributed by atoms with van der Waals surface area (Å²) in [7, 11) is -4.07. The highest BCUT2D eigenvalue weighted by atomic mass is 35.5. The number of hydrogen-bond acceptors (Lipinski definition) is 6. The molecule has 0 unspecified atom stereocenters. The van der Waals surface area contributed by atoms with Crippen molar-refractivity contribution in [2.24, 2.45) is 0 Å². The van der Waals surface area contributed by atoms with Gasteiger partial charge in [-0.05, 0) is 49.6 Å². The second-order valence-corrected chi connectivity index (χ2v) is 12.4. The molecule has 3 rings (SSSR count). The summed E-state index contributed by atoms with van der Waals surface area (Å²) < 4.78 is 26.7. The Hall–Kier alpha value is -3.96. The third-order valence-electron chi connectivity index (χ3n) is 6.30. The highest BCUT2D eigenvalue weighted by Crippen LogP contribution is 2.28. The number of hydrogen-bond donors (Lipinski definition) is 1. The van der Waals surface area contributed by atoms with Gasteiger partial charge in [0.1, 0.15) is 12.6 Å². The van der Waals surface area contributed by atoms with Gasteiger partial charge in [0.2, 0.25) is 21.8 Å². The fourth-order valence-corrected chi connectivity index (χ4v) is 5.45. The van der Waals surface area contributed by atoms with Crippen LogP contribution in [0, 0.1) is 17.0 Å². The summed E-state index contributed by atoms with van der Waals surface area (Å²) in [6.07, 6.45) is 1.09. The summed E-state index contributed by atoms with van der Waals surface area (Å²) >= 11 is 6.21. The molecule has 0 bridgehead atoms. The van der Waals surface area contributed by atoms with Crippen LogP contribution in [0.1, 0.15) is 30.5 Å². The van der Waals surface area contributed by atoms with Gasteiger partial charge in [0, 0.05) is 36.2 Å². The van der Waals surface area contributed by atoms with Gasteiger partial charge >= 0.3 is 0 Å². The number of nitro groups is 1. The first-order valence-corrected chi connectivity index (χ1v) is 15.1. The van der Waals surface area contributed by atoms with E-state index in [-0.39, 0.29) is 30.4 Å². The standard InChI is InChI=1S/C29H33ClN4O6S/c1-20(2)31-29(36)27(16-22-9-6-5-7-10-22)32(18-23-11-8-12-24(30)15-23)28(35)19-33(41(4,39)40)26-17-25(34(37)38)14-13-21(26)3/h5-15,17,20,27H,16,18-19H2,1-4H3,(H,31,36)/t27-/m1/s1. The molecule has 1 N–H and O–H groups in total. The predicted molar refractivity (Wildman–Crippen MR) is 159 cm³/mol. The molecule has 0 aliphatic rings. The lowest BCUT2D eigenvalue weighted by molar-refractivity contribution is -0.384. The summed E-state index contributed by atoms with van der Waals surface area (Å²) in [5, 5.41) is 14.7. The molecule has 0 heterocycles. The number of nitrogens with zero attached hydrogens (tertiary/aromatic N) is 3. The summed E-state index contributed by atoms with van der Waals surface area (Å²) in [6, 6.07) is 18.6. The molecular weight excluding hydrogens is 568 g/mol. The summed E-state index contributed by atoms with van der Waals surface area (Å²) in [6.45, 7) is 4.49. The number of non-ortho nitro benzene ring substituents is 1. The normalized spacial score (nSPS) is 12.0. The molecule has 1 atom stereocenters. The van der Waals surface area contributed by atoms with Crippen molar-refractivity contribution < 1.29 is 22.9 Å². The Morgan fingerprint density at radius 3 is 2.24 bits per heavy atom. The Morgan fingerprint density at radius 1 is 1.00 bits per heavy atom. The van der Waals surface area contributed by atoms with E-state index >= 15 is 0 Å². The summed E-state index contributed by atoms with van der Waals surface area (Å²) in [5.74, 6) is -1.07. The van der Waals surface area contributed by atoms with Crippen LogP contribution in [0.15, 0.2) is 72.8 Å². The van der Waals surface area contributed by atoms with Gasteiger partial charge in [-0.25, -0.2) is 8.42 Å². The monoisotopic (exact) mass is 600 g/mol. The van der Waals surface area contributed by atoms with E-state index in [0.29, 0.717) is 16.1 Å². The number of halogens is 1. The molecule has 3 aromatic rings. The van der Waals surface area contributed by atoms with Gasteiger partial charge in [-0.15, -0.1) is 0 Å².